The predicted molar refractivity (Wildman–Crippen MR) is 78.2 cm³/mol. The minimum Gasteiger partial charge on any atom is -0.480 e. The Morgan fingerprint density at radius 3 is 2.76 bits per heavy atom. The van der Waals surface area contributed by atoms with E-state index in [1.807, 2.05) is 20.8 Å². The van der Waals surface area contributed by atoms with Gasteiger partial charge < -0.3 is 14.4 Å². The van der Waals surface area contributed by atoms with Gasteiger partial charge >= 0.3 is 6.09 Å². The van der Waals surface area contributed by atoms with Gasteiger partial charge in [0.2, 0.25) is 5.88 Å². The number of amides is 1. The molecule has 1 unspecified atom stereocenters. The van der Waals surface area contributed by atoms with Crippen LogP contribution in [0.2, 0.25) is 0 Å². The summed E-state index contributed by atoms with van der Waals surface area (Å²) >= 11 is 0. The van der Waals surface area contributed by atoms with Crippen LogP contribution >= 0.6 is 0 Å². The summed E-state index contributed by atoms with van der Waals surface area (Å²) in [6.45, 7) is 7.05. The molecule has 1 aromatic rings. The van der Waals surface area contributed by atoms with E-state index in [9.17, 15) is 4.79 Å². The van der Waals surface area contributed by atoms with Crippen molar-refractivity contribution in [3.63, 3.8) is 0 Å². The van der Waals surface area contributed by atoms with Gasteiger partial charge in [-0.05, 0) is 39.5 Å². The smallest absolute Gasteiger partial charge is 0.410 e. The molecule has 1 atom stereocenters. The maximum absolute atomic E-state index is 12.0. The van der Waals surface area contributed by atoms with Gasteiger partial charge in [0.25, 0.3) is 0 Å². The maximum atomic E-state index is 12.0. The third-order valence-corrected chi connectivity index (χ3v) is 3.35. The first-order valence-electron chi connectivity index (χ1n) is 7.21. The zero-order valence-electron chi connectivity index (χ0n) is 13.1. The Kier molecular flexibility index (Phi) is 4.65. The molecule has 6 nitrogen and oxygen atoms in total. The zero-order valence-corrected chi connectivity index (χ0v) is 13.1. The van der Waals surface area contributed by atoms with Crippen molar-refractivity contribution in [1.82, 2.24) is 14.9 Å². The van der Waals surface area contributed by atoms with Gasteiger partial charge in [-0.2, -0.15) is 0 Å². The average molecular weight is 293 g/mol. The first-order valence-corrected chi connectivity index (χ1v) is 7.21. The second-order valence-corrected chi connectivity index (χ2v) is 6.30. The van der Waals surface area contributed by atoms with Crippen molar-refractivity contribution in [2.24, 2.45) is 5.92 Å². The second kappa shape index (κ2) is 6.28. The van der Waals surface area contributed by atoms with Crippen molar-refractivity contribution in [2.45, 2.75) is 39.2 Å². The summed E-state index contributed by atoms with van der Waals surface area (Å²) in [4.78, 5) is 22.3. The highest BCUT2D eigenvalue weighted by Gasteiger charge is 2.30. The summed E-state index contributed by atoms with van der Waals surface area (Å²) in [6.07, 6.45) is 4.74. The number of hydrogen-bond acceptors (Lipinski definition) is 5. The third-order valence-electron chi connectivity index (χ3n) is 3.35. The number of aromatic nitrogens is 2. The molecule has 2 rings (SSSR count). The average Bonchev–Trinajstić information content (AvgIpc) is 2.86. The number of nitrogens with zero attached hydrogens (tertiary/aromatic N) is 3. The van der Waals surface area contributed by atoms with E-state index in [4.69, 9.17) is 9.47 Å². The fourth-order valence-electron chi connectivity index (χ4n) is 2.43. The molecule has 0 spiro atoms. The van der Waals surface area contributed by atoms with Gasteiger partial charge in [-0.25, -0.2) is 9.78 Å². The molecule has 21 heavy (non-hydrogen) atoms. The van der Waals surface area contributed by atoms with Crippen LogP contribution < -0.4 is 4.74 Å². The van der Waals surface area contributed by atoms with Gasteiger partial charge in [-0.1, -0.05) is 0 Å². The minimum atomic E-state index is -0.455. The molecule has 6 heteroatoms. The van der Waals surface area contributed by atoms with Crippen LogP contribution in [0.3, 0.4) is 0 Å². The minimum absolute atomic E-state index is 0.240. The Morgan fingerprint density at radius 1 is 1.38 bits per heavy atom. The van der Waals surface area contributed by atoms with Crippen LogP contribution in [-0.2, 0) is 11.2 Å². The van der Waals surface area contributed by atoms with Crippen LogP contribution in [0.25, 0.3) is 0 Å². The molecule has 1 aliphatic heterocycles. The molecule has 0 bridgehead atoms. The lowest BCUT2D eigenvalue weighted by Gasteiger charge is -2.24. The SMILES string of the molecule is COc1nccnc1CC1CCN(C(=O)OC(C)(C)C)C1. The molecule has 0 aliphatic carbocycles. The van der Waals surface area contributed by atoms with Crippen molar-refractivity contribution in [3.05, 3.63) is 18.1 Å². The van der Waals surface area contributed by atoms with Crippen LogP contribution in [-0.4, -0.2) is 46.8 Å². The number of ether oxygens (including phenoxy) is 2. The highest BCUT2D eigenvalue weighted by molar-refractivity contribution is 5.68. The lowest BCUT2D eigenvalue weighted by molar-refractivity contribution is 0.0288. The molecule has 1 aliphatic rings. The highest BCUT2D eigenvalue weighted by atomic mass is 16.6. The van der Waals surface area contributed by atoms with E-state index < -0.39 is 5.60 Å². The summed E-state index contributed by atoms with van der Waals surface area (Å²) in [5.41, 5.74) is 0.388. The highest BCUT2D eigenvalue weighted by Crippen LogP contribution is 2.24. The topological polar surface area (TPSA) is 64.6 Å². The number of methoxy groups -OCH3 is 1. The number of carbonyl (C=O) groups excluding carboxylic acids is 1. The number of carbonyl (C=O) groups is 1. The van der Waals surface area contributed by atoms with Gasteiger partial charge in [0.1, 0.15) is 11.3 Å². The number of hydrogen-bond donors (Lipinski definition) is 0. The molecular formula is C15H23N3O3. The Bertz CT molecular complexity index is 499. The van der Waals surface area contributed by atoms with Crippen molar-refractivity contribution in [2.75, 3.05) is 20.2 Å². The molecule has 2 heterocycles. The van der Waals surface area contributed by atoms with E-state index in [1.54, 1.807) is 24.4 Å². The van der Waals surface area contributed by atoms with E-state index in [0.717, 1.165) is 25.1 Å². The first-order chi connectivity index (χ1) is 9.89. The van der Waals surface area contributed by atoms with E-state index in [0.29, 0.717) is 18.3 Å². The lowest BCUT2D eigenvalue weighted by atomic mass is 10.0. The van der Waals surface area contributed by atoms with Crippen LogP contribution in [0.15, 0.2) is 12.4 Å². The standard InChI is InChI=1S/C15H23N3O3/c1-15(2,3)21-14(19)18-8-5-11(10-18)9-12-13(20-4)17-7-6-16-12/h6-7,11H,5,8-10H2,1-4H3. The van der Waals surface area contributed by atoms with Crippen molar-refractivity contribution in [3.8, 4) is 5.88 Å². The maximum Gasteiger partial charge on any atom is 0.410 e. The molecule has 1 amide bonds. The summed E-state index contributed by atoms with van der Waals surface area (Å²) in [6, 6.07) is 0. The van der Waals surface area contributed by atoms with Crippen molar-refractivity contribution < 1.29 is 14.3 Å². The number of likely N-dealkylation sites (tertiary alicyclic amines) is 1. The van der Waals surface area contributed by atoms with Gasteiger partial charge in [0.05, 0.1) is 7.11 Å². The lowest BCUT2D eigenvalue weighted by Crippen LogP contribution is -2.35. The van der Waals surface area contributed by atoms with E-state index in [2.05, 4.69) is 9.97 Å². The van der Waals surface area contributed by atoms with Gasteiger partial charge in [-0.15, -0.1) is 0 Å². The van der Waals surface area contributed by atoms with E-state index in [1.165, 1.54) is 0 Å². The molecule has 1 fully saturated rings. The molecule has 0 saturated carbocycles. The molecule has 0 aromatic carbocycles. The summed E-state index contributed by atoms with van der Waals surface area (Å²) < 4.78 is 10.6. The Labute approximate surface area is 125 Å². The van der Waals surface area contributed by atoms with Crippen molar-refractivity contribution >= 4 is 6.09 Å². The largest absolute Gasteiger partial charge is 0.480 e. The Hall–Kier alpha value is -1.85. The summed E-state index contributed by atoms with van der Waals surface area (Å²) in [5.74, 6) is 0.927. The zero-order chi connectivity index (χ0) is 15.5. The Morgan fingerprint density at radius 2 is 2.10 bits per heavy atom. The monoisotopic (exact) mass is 293 g/mol. The normalized spacial score (nSPS) is 18.7. The van der Waals surface area contributed by atoms with Crippen LogP contribution in [0.1, 0.15) is 32.9 Å². The Balaban J connectivity index is 1.92. The number of rotatable bonds is 3. The van der Waals surface area contributed by atoms with Crippen molar-refractivity contribution in [1.29, 1.82) is 0 Å². The molecule has 1 saturated heterocycles. The summed E-state index contributed by atoms with van der Waals surface area (Å²) in [7, 11) is 1.59. The fraction of sp³-hybridized carbons (Fsp3) is 0.667. The molecule has 0 radical (unpaired) electrons. The summed E-state index contributed by atoms with van der Waals surface area (Å²) in [5, 5.41) is 0. The fourth-order valence-corrected chi connectivity index (χ4v) is 2.43. The van der Waals surface area contributed by atoms with Gasteiger partial charge in [0, 0.05) is 25.5 Å². The predicted octanol–water partition coefficient (Wildman–Crippen LogP) is 2.28. The van der Waals surface area contributed by atoms with E-state index in [-0.39, 0.29) is 6.09 Å². The van der Waals surface area contributed by atoms with Crippen LogP contribution in [0, 0.1) is 5.92 Å². The molecule has 116 valence electrons. The third kappa shape index (κ3) is 4.31. The van der Waals surface area contributed by atoms with Gasteiger partial charge in [0.15, 0.2) is 0 Å². The second-order valence-electron chi connectivity index (χ2n) is 6.30. The van der Waals surface area contributed by atoms with Crippen LogP contribution in [0.5, 0.6) is 5.88 Å². The molecular weight excluding hydrogens is 270 g/mol. The molecule has 1 aromatic heterocycles. The van der Waals surface area contributed by atoms with Gasteiger partial charge in [-0.3, -0.25) is 4.98 Å². The quantitative estimate of drug-likeness (QED) is 0.855. The molecule has 0 N–H and O–H groups in total. The first kappa shape index (κ1) is 15.5. The van der Waals surface area contributed by atoms with E-state index >= 15 is 0 Å². The van der Waals surface area contributed by atoms with Crippen LogP contribution in [0.4, 0.5) is 4.79 Å².